The van der Waals surface area contributed by atoms with Gasteiger partial charge in [-0.05, 0) is 59.7 Å². The number of hydrogen-bond donors (Lipinski definition) is 0. The van der Waals surface area contributed by atoms with Crippen LogP contribution in [0.2, 0.25) is 0 Å². The number of anilines is 1. The van der Waals surface area contributed by atoms with Crippen LogP contribution in [0, 0.1) is 5.82 Å². The number of esters is 2. The molecule has 0 unspecified atom stereocenters. The molecule has 0 fully saturated rings. The van der Waals surface area contributed by atoms with Gasteiger partial charge in [0.05, 0.1) is 26.1 Å². The van der Waals surface area contributed by atoms with E-state index < -0.39 is 23.8 Å². The zero-order valence-electron chi connectivity index (χ0n) is 18.7. The Morgan fingerprint density at radius 1 is 0.735 bits per heavy atom. The number of nitrogens with zero attached hydrogens (tertiary/aromatic N) is 1. The lowest BCUT2D eigenvalue weighted by atomic mass is 9.95. The third kappa shape index (κ3) is 6.67. The van der Waals surface area contributed by atoms with Crippen LogP contribution < -0.4 is 4.90 Å². The van der Waals surface area contributed by atoms with Gasteiger partial charge in [-0.15, -0.1) is 0 Å². The van der Waals surface area contributed by atoms with Crippen LogP contribution in [0.3, 0.4) is 0 Å². The molecule has 0 aliphatic carbocycles. The SMILES string of the molecule is COC(=O)[C@H](CN(C[C@@H](C(=O)OC)c1ccc(Br)cc1)c1ccc(F)cc1)c1ccc(Br)cc1. The Balaban J connectivity index is 2.01. The summed E-state index contributed by atoms with van der Waals surface area (Å²) in [5, 5.41) is 0. The third-order valence-electron chi connectivity index (χ3n) is 5.51. The van der Waals surface area contributed by atoms with Crippen LogP contribution in [0.25, 0.3) is 0 Å². The summed E-state index contributed by atoms with van der Waals surface area (Å²) in [4.78, 5) is 27.4. The summed E-state index contributed by atoms with van der Waals surface area (Å²) in [6, 6.07) is 20.8. The first-order chi connectivity index (χ1) is 16.3. The maximum atomic E-state index is 13.7. The van der Waals surface area contributed by atoms with Crippen LogP contribution in [0.1, 0.15) is 23.0 Å². The van der Waals surface area contributed by atoms with Crippen molar-refractivity contribution in [2.45, 2.75) is 11.8 Å². The average molecular weight is 593 g/mol. The van der Waals surface area contributed by atoms with Crippen LogP contribution in [-0.4, -0.2) is 39.2 Å². The molecule has 0 saturated carbocycles. The lowest BCUT2D eigenvalue weighted by molar-refractivity contribution is -0.142. The molecule has 2 atom stereocenters. The molecule has 3 rings (SSSR count). The fraction of sp³-hybridized carbons (Fsp3) is 0.231. The van der Waals surface area contributed by atoms with Crippen LogP contribution in [0.5, 0.6) is 0 Å². The van der Waals surface area contributed by atoms with E-state index in [0.29, 0.717) is 5.69 Å². The molecule has 0 aliphatic heterocycles. The number of hydrogen-bond acceptors (Lipinski definition) is 5. The Kier molecular flexibility index (Phi) is 9.24. The topological polar surface area (TPSA) is 55.8 Å². The van der Waals surface area contributed by atoms with E-state index in [1.165, 1.54) is 26.4 Å². The van der Waals surface area contributed by atoms with E-state index in [0.717, 1.165) is 20.1 Å². The summed E-state index contributed by atoms with van der Waals surface area (Å²) < 4.78 is 25.6. The second-order valence-corrected chi connectivity index (χ2v) is 9.47. The van der Waals surface area contributed by atoms with Crippen molar-refractivity contribution in [1.29, 1.82) is 0 Å². The van der Waals surface area contributed by atoms with E-state index >= 15 is 0 Å². The normalized spacial score (nSPS) is 12.5. The summed E-state index contributed by atoms with van der Waals surface area (Å²) in [5.74, 6) is -2.46. The highest BCUT2D eigenvalue weighted by Crippen LogP contribution is 2.28. The minimum absolute atomic E-state index is 0.212. The third-order valence-corrected chi connectivity index (χ3v) is 6.57. The van der Waals surface area contributed by atoms with Gasteiger partial charge in [-0.3, -0.25) is 9.59 Å². The van der Waals surface area contributed by atoms with Crippen LogP contribution >= 0.6 is 31.9 Å². The number of halogens is 3. The van der Waals surface area contributed by atoms with Gasteiger partial charge in [0.15, 0.2) is 0 Å². The minimum atomic E-state index is -0.633. The van der Waals surface area contributed by atoms with Crippen molar-refractivity contribution in [1.82, 2.24) is 0 Å². The summed E-state index contributed by atoms with van der Waals surface area (Å²) in [7, 11) is 2.69. The highest BCUT2D eigenvalue weighted by molar-refractivity contribution is 9.10. The van der Waals surface area contributed by atoms with Crippen molar-refractivity contribution in [3.8, 4) is 0 Å². The standard InChI is InChI=1S/C26H24Br2FNO4/c1-33-25(31)23(17-3-7-19(27)8-4-17)15-30(22-13-11-21(29)12-14-22)16-24(26(32)34-2)18-5-9-20(28)10-6-18/h3-14,23-24H,15-16H2,1-2H3/t23-,24-/m1/s1. The fourth-order valence-electron chi connectivity index (χ4n) is 3.68. The molecule has 0 saturated heterocycles. The molecular formula is C26H24Br2FNO4. The molecule has 34 heavy (non-hydrogen) atoms. The number of ether oxygens (including phenoxy) is 2. The number of rotatable bonds is 9. The minimum Gasteiger partial charge on any atom is -0.468 e. The highest BCUT2D eigenvalue weighted by atomic mass is 79.9. The maximum absolute atomic E-state index is 13.7. The predicted molar refractivity (Wildman–Crippen MR) is 136 cm³/mol. The lowest BCUT2D eigenvalue weighted by Gasteiger charge is -2.31. The quantitative estimate of drug-likeness (QED) is 0.282. The second-order valence-electron chi connectivity index (χ2n) is 7.64. The van der Waals surface area contributed by atoms with E-state index in [2.05, 4.69) is 31.9 Å². The van der Waals surface area contributed by atoms with Gasteiger partial charge in [-0.2, -0.15) is 0 Å². The molecule has 0 aromatic heterocycles. The molecule has 5 nitrogen and oxygen atoms in total. The van der Waals surface area contributed by atoms with Gasteiger partial charge in [0, 0.05) is 27.7 Å². The molecule has 0 aliphatic rings. The van der Waals surface area contributed by atoms with Crippen molar-refractivity contribution >= 4 is 49.5 Å². The Morgan fingerprint density at radius 2 is 1.12 bits per heavy atom. The van der Waals surface area contributed by atoms with Crippen LogP contribution in [0.15, 0.2) is 81.7 Å². The molecule has 0 amide bonds. The molecule has 0 radical (unpaired) electrons. The summed E-state index contributed by atoms with van der Waals surface area (Å²) in [5.41, 5.74) is 2.19. The summed E-state index contributed by atoms with van der Waals surface area (Å²) in [6.07, 6.45) is 0. The Bertz CT molecular complexity index is 1040. The zero-order valence-corrected chi connectivity index (χ0v) is 21.9. The predicted octanol–water partition coefficient (Wildman–Crippen LogP) is 6.07. The molecule has 0 heterocycles. The first kappa shape index (κ1) is 25.9. The molecule has 0 spiro atoms. The van der Waals surface area contributed by atoms with Crippen molar-refractivity contribution in [2.75, 3.05) is 32.2 Å². The summed E-state index contributed by atoms with van der Waals surface area (Å²) in [6.45, 7) is 0.425. The zero-order chi connectivity index (χ0) is 24.7. The first-order valence-electron chi connectivity index (χ1n) is 10.5. The lowest BCUT2D eigenvalue weighted by Crippen LogP contribution is -2.37. The van der Waals surface area contributed by atoms with Gasteiger partial charge >= 0.3 is 11.9 Å². The van der Waals surface area contributed by atoms with E-state index in [9.17, 15) is 14.0 Å². The van der Waals surface area contributed by atoms with Crippen molar-refractivity contribution in [2.24, 2.45) is 0 Å². The first-order valence-corrected chi connectivity index (χ1v) is 12.1. The van der Waals surface area contributed by atoms with Gasteiger partial charge in [-0.1, -0.05) is 56.1 Å². The van der Waals surface area contributed by atoms with Crippen molar-refractivity contribution in [3.63, 3.8) is 0 Å². The van der Waals surface area contributed by atoms with E-state index in [1.807, 2.05) is 53.4 Å². The number of benzene rings is 3. The van der Waals surface area contributed by atoms with Crippen LogP contribution in [-0.2, 0) is 19.1 Å². The molecule has 0 N–H and O–H groups in total. The fourth-order valence-corrected chi connectivity index (χ4v) is 4.21. The number of methoxy groups -OCH3 is 2. The number of carbonyl (C=O) groups is 2. The monoisotopic (exact) mass is 591 g/mol. The van der Waals surface area contributed by atoms with Crippen LogP contribution in [0.4, 0.5) is 10.1 Å². The van der Waals surface area contributed by atoms with Gasteiger partial charge in [0.2, 0.25) is 0 Å². The van der Waals surface area contributed by atoms with Crippen molar-refractivity contribution < 1.29 is 23.5 Å². The van der Waals surface area contributed by atoms with Crippen molar-refractivity contribution in [3.05, 3.63) is 98.7 Å². The molecule has 178 valence electrons. The molecule has 3 aromatic rings. The van der Waals surface area contributed by atoms with Gasteiger partial charge < -0.3 is 14.4 Å². The Hall–Kier alpha value is -2.71. The van der Waals surface area contributed by atoms with Gasteiger partial charge in [0.1, 0.15) is 5.82 Å². The largest absolute Gasteiger partial charge is 0.468 e. The van der Waals surface area contributed by atoms with Gasteiger partial charge in [0.25, 0.3) is 0 Å². The highest BCUT2D eigenvalue weighted by Gasteiger charge is 2.29. The molecule has 8 heteroatoms. The summed E-state index contributed by atoms with van der Waals surface area (Å²) >= 11 is 6.83. The molecule has 0 bridgehead atoms. The second kappa shape index (κ2) is 12.1. The molecular weight excluding hydrogens is 569 g/mol. The van der Waals surface area contributed by atoms with Gasteiger partial charge in [-0.25, -0.2) is 4.39 Å². The smallest absolute Gasteiger partial charge is 0.314 e. The maximum Gasteiger partial charge on any atom is 0.314 e. The van der Waals surface area contributed by atoms with E-state index in [4.69, 9.17) is 9.47 Å². The molecule has 3 aromatic carbocycles. The Labute approximate surface area is 215 Å². The average Bonchev–Trinajstić information content (AvgIpc) is 2.85. The Morgan fingerprint density at radius 3 is 1.47 bits per heavy atom. The van der Waals surface area contributed by atoms with E-state index in [1.54, 1.807) is 12.1 Å². The van der Waals surface area contributed by atoms with E-state index in [-0.39, 0.29) is 18.9 Å². The number of carbonyl (C=O) groups excluding carboxylic acids is 2.